The maximum atomic E-state index is 14.4. The number of aliphatic hydroxyl groups excluding tert-OH is 1. The van der Waals surface area contributed by atoms with Gasteiger partial charge in [-0.2, -0.15) is 0 Å². The van der Waals surface area contributed by atoms with E-state index in [4.69, 9.17) is 4.74 Å². The summed E-state index contributed by atoms with van der Waals surface area (Å²) in [6, 6.07) is 14.4. The number of morpholine rings is 1. The van der Waals surface area contributed by atoms with Gasteiger partial charge in [0.2, 0.25) is 0 Å². The van der Waals surface area contributed by atoms with Crippen LogP contribution in [0.2, 0.25) is 0 Å². The van der Waals surface area contributed by atoms with Gasteiger partial charge in [-0.1, -0.05) is 55.0 Å². The Bertz CT molecular complexity index is 1250. The summed E-state index contributed by atoms with van der Waals surface area (Å²) in [7, 11) is 0. The van der Waals surface area contributed by atoms with Crippen LogP contribution in [0.1, 0.15) is 36.5 Å². The summed E-state index contributed by atoms with van der Waals surface area (Å²) in [6.45, 7) is 8.23. The molecule has 2 amide bonds. The van der Waals surface area contributed by atoms with Crippen LogP contribution in [-0.2, 0) is 24.7 Å². The van der Waals surface area contributed by atoms with Crippen LogP contribution in [0, 0.1) is 6.92 Å². The van der Waals surface area contributed by atoms with E-state index in [0.717, 1.165) is 25.2 Å². The number of rotatable bonds is 7. The summed E-state index contributed by atoms with van der Waals surface area (Å²) in [4.78, 5) is 46.9. The maximum Gasteiger partial charge on any atom is 0.296 e. The monoisotopic (exact) mass is 503 g/mol. The second-order valence-corrected chi connectivity index (χ2v) is 9.87. The van der Waals surface area contributed by atoms with Crippen molar-refractivity contribution in [1.82, 2.24) is 9.80 Å². The van der Waals surface area contributed by atoms with E-state index in [1.54, 1.807) is 23.1 Å². The molecule has 1 N–H and O–H groups in total. The molecule has 3 aliphatic heterocycles. The van der Waals surface area contributed by atoms with E-state index in [2.05, 4.69) is 4.90 Å². The van der Waals surface area contributed by atoms with Crippen LogP contribution in [-0.4, -0.2) is 78.4 Å². The molecule has 3 heterocycles. The molecule has 0 radical (unpaired) electrons. The van der Waals surface area contributed by atoms with E-state index in [-0.39, 0.29) is 23.8 Å². The number of anilines is 1. The Morgan fingerprint density at radius 1 is 0.973 bits per heavy atom. The largest absolute Gasteiger partial charge is 0.507 e. The molecule has 2 fully saturated rings. The summed E-state index contributed by atoms with van der Waals surface area (Å²) in [5.41, 5.74) is 0.780. The number of fused-ring (bicyclic) bond motifs is 2. The third kappa shape index (κ3) is 4.04. The summed E-state index contributed by atoms with van der Waals surface area (Å²) < 4.78 is 5.43. The topological polar surface area (TPSA) is 90.4 Å². The van der Waals surface area contributed by atoms with Crippen molar-refractivity contribution in [3.05, 3.63) is 70.8 Å². The molecule has 0 saturated carbocycles. The molecule has 8 heteroatoms. The lowest BCUT2D eigenvalue weighted by atomic mass is 9.81. The van der Waals surface area contributed by atoms with Crippen molar-refractivity contribution < 1.29 is 24.2 Å². The van der Waals surface area contributed by atoms with Gasteiger partial charge < -0.3 is 19.6 Å². The van der Waals surface area contributed by atoms with Crippen molar-refractivity contribution in [2.45, 2.75) is 32.2 Å². The van der Waals surface area contributed by atoms with Gasteiger partial charge in [-0.15, -0.1) is 0 Å². The molecule has 3 aliphatic rings. The van der Waals surface area contributed by atoms with Crippen molar-refractivity contribution >= 4 is 29.0 Å². The molecule has 194 valence electrons. The fourth-order valence-corrected chi connectivity index (χ4v) is 5.75. The molecule has 2 aromatic rings. The minimum absolute atomic E-state index is 0.149. The molecule has 1 unspecified atom stereocenters. The standard InChI is InChI=1S/C29H33N3O5/c1-3-13-31-23-8-5-4-7-22(23)29(28(31)36)24(25(33)21-11-9-20(2)10-12-21)26(34)27(35)32(29)15-6-14-30-16-18-37-19-17-30/h4-5,7-12,33H,3,6,13-19H2,1-2H3/b25-24+. The Labute approximate surface area is 217 Å². The Morgan fingerprint density at radius 2 is 1.68 bits per heavy atom. The number of hydrogen-bond donors (Lipinski definition) is 1. The van der Waals surface area contributed by atoms with Gasteiger partial charge >= 0.3 is 0 Å². The number of benzene rings is 2. The maximum absolute atomic E-state index is 14.4. The Balaban J connectivity index is 1.64. The summed E-state index contributed by atoms with van der Waals surface area (Å²) >= 11 is 0. The van der Waals surface area contributed by atoms with Crippen LogP contribution in [0.25, 0.3) is 5.76 Å². The van der Waals surface area contributed by atoms with Gasteiger partial charge in [0.15, 0.2) is 5.54 Å². The van der Waals surface area contributed by atoms with Gasteiger partial charge in [-0.3, -0.25) is 19.3 Å². The van der Waals surface area contributed by atoms with Crippen LogP contribution in [0.15, 0.2) is 54.1 Å². The van der Waals surface area contributed by atoms with E-state index in [0.29, 0.717) is 49.4 Å². The minimum Gasteiger partial charge on any atom is -0.507 e. The zero-order valence-corrected chi connectivity index (χ0v) is 21.4. The first-order valence-corrected chi connectivity index (χ1v) is 13.0. The van der Waals surface area contributed by atoms with E-state index in [1.807, 2.05) is 44.2 Å². The zero-order valence-electron chi connectivity index (χ0n) is 21.4. The lowest BCUT2D eigenvalue weighted by molar-refractivity contribution is -0.143. The fourth-order valence-electron chi connectivity index (χ4n) is 5.75. The number of Topliss-reactive ketones (excluding diaryl/α,β-unsaturated/α-hetero) is 1. The normalized spacial score (nSPS) is 23.4. The van der Waals surface area contributed by atoms with Gasteiger partial charge in [0, 0.05) is 43.9 Å². The summed E-state index contributed by atoms with van der Waals surface area (Å²) in [5, 5.41) is 11.5. The Kier molecular flexibility index (Phi) is 6.88. The summed E-state index contributed by atoms with van der Waals surface area (Å²) in [6.07, 6.45) is 1.29. The van der Waals surface area contributed by atoms with Crippen LogP contribution in [0.3, 0.4) is 0 Å². The number of ketones is 1. The average molecular weight is 504 g/mol. The molecular formula is C29H33N3O5. The highest BCUT2D eigenvalue weighted by atomic mass is 16.5. The number of aliphatic hydroxyl groups is 1. The molecule has 0 bridgehead atoms. The number of hydrogen-bond acceptors (Lipinski definition) is 6. The predicted octanol–water partition coefficient (Wildman–Crippen LogP) is 3.05. The SMILES string of the molecule is CCCN1C(=O)C2(/C(=C(/O)c3ccc(C)cc3)C(=O)C(=O)N2CCCN2CCOCC2)c2ccccc21. The number of amides is 2. The van der Waals surface area contributed by atoms with E-state index in [1.165, 1.54) is 4.90 Å². The second kappa shape index (κ2) is 10.1. The highest BCUT2D eigenvalue weighted by Gasteiger charge is 2.66. The smallest absolute Gasteiger partial charge is 0.296 e. The first kappa shape index (κ1) is 25.2. The van der Waals surface area contributed by atoms with E-state index < -0.39 is 17.2 Å². The second-order valence-electron chi connectivity index (χ2n) is 9.87. The van der Waals surface area contributed by atoms with Gasteiger partial charge in [0.25, 0.3) is 17.6 Å². The fraction of sp³-hybridized carbons (Fsp3) is 0.414. The van der Waals surface area contributed by atoms with Crippen molar-refractivity contribution in [3.8, 4) is 0 Å². The molecule has 1 atom stereocenters. The third-order valence-corrected chi connectivity index (χ3v) is 7.54. The van der Waals surface area contributed by atoms with Gasteiger partial charge in [-0.25, -0.2) is 0 Å². The van der Waals surface area contributed by atoms with Crippen molar-refractivity contribution in [1.29, 1.82) is 0 Å². The van der Waals surface area contributed by atoms with Crippen molar-refractivity contribution in [3.63, 3.8) is 0 Å². The van der Waals surface area contributed by atoms with Crippen molar-refractivity contribution in [2.24, 2.45) is 0 Å². The van der Waals surface area contributed by atoms with E-state index in [9.17, 15) is 19.5 Å². The zero-order chi connectivity index (χ0) is 26.2. The van der Waals surface area contributed by atoms with E-state index >= 15 is 0 Å². The highest BCUT2D eigenvalue weighted by Crippen LogP contribution is 2.53. The van der Waals surface area contributed by atoms with Crippen LogP contribution >= 0.6 is 0 Å². The number of nitrogens with zero attached hydrogens (tertiary/aromatic N) is 3. The number of likely N-dealkylation sites (tertiary alicyclic amines) is 1. The molecular weight excluding hydrogens is 470 g/mol. The van der Waals surface area contributed by atoms with Gasteiger partial charge in [0.05, 0.1) is 24.5 Å². The van der Waals surface area contributed by atoms with Crippen LogP contribution in [0.4, 0.5) is 5.69 Å². The highest BCUT2D eigenvalue weighted by molar-refractivity contribution is 6.50. The Morgan fingerprint density at radius 3 is 2.38 bits per heavy atom. The molecule has 37 heavy (non-hydrogen) atoms. The first-order chi connectivity index (χ1) is 17.9. The predicted molar refractivity (Wildman–Crippen MR) is 140 cm³/mol. The first-order valence-electron chi connectivity index (χ1n) is 13.0. The van der Waals surface area contributed by atoms with Gasteiger partial charge in [0.1, 0.15) is 5.76 Å². The quantitative estimate of drug-likeness (QED) is 0.355. The number of aryl methyl sites for hydroxylation is 1. The molecule has 8 nitrogen and oxygen atoms in total. The molecule has 5 rings (SSSR count). The molecule has 2 saturated heterocycles. The summed E-state index contributed by atoms with van der Waals surface area (Å²) in [5.74, 6) is -2.27. The lowest BCUT2D eigenvalue weighted by Gasteiger charge is -2.35. The average Bonchev–Trinajstić information content (AvgIpc) is 3.28. The molecule has 1 spiro atoms. The molecule has 2 aromatic carbocycles. The lowest BCUT2D eigenvalue weighted by Crippen LogP contribution is -2.52. The molecule has 0 aromatic heterocycles. The van der Waals surface area contributed by atoms with Gasteiger partial charge in [-0.05, 0) is 25.8 Å². The number of ether oxygens (including phenoxy) is 1. The Hall–Kier alpha value is -3.49. The number of para-hydroxylation sites is 1. The van der Waals surface area contributed by atoms with Crippen LogP contribution in [0.5, 0.6) is 0 Å². The molecule has 0 aliphatic carbocycles. The van der Waals surface area contributed by atoms with Crippen LogP contribution < -0.4 is 4.90 Å². The number of carbonyl (C=O) groups is 3. The third-order valence-electron chi connectivity index (χ3n) is 7.54. The number of carbonyl (C=O) groups excluding carboxylic acids is 3. The van der Waals surface area contributed by atoms with Crippen molar-refractivity contribution in [2.75, 3.05) is 50.8 Å². The minimum atomic E-state index is -1.69.